The first-order valence-corrected chi connectivity index (χ1v) is 5.61. The Kier molecular flexibility index (Phi) is 5.03. The van der Waals surface area contributed by atoms with Gasteiger partial charge in [0.2, 0.25) is 0 Å². The molecule has 0 radical (unpaired) electrons. The van der Waals surface area contributed by atoms with Crippen molar-refractivity contribution in [3.05, 3.63) is 18.2 Å². The Bertz CT molecular complexity index is 350. The van der Waals surface area contributed by atoms with E-state index in [2.05, 4.69) is 23.1 Å². The van der Waals surface area contributed by atoms with Gasteiger partial charge in [0.25, 0.3) is 0 Å². The summed E-state index contributed by atoms with van der Waals surface area (Å²) in [5.74, 6) is 2.75. The molecule has 0 bridgehead atoms. The van der Waals surface area contributed by atoms with Crippen LogP contribution in [0.5, 0.6) is 0 Å². The Hall–Kier alpha value is -1.31. The van der Waals surface area contributed by atoms with E-state index in [0.29, 0.717) is 6.54 Å². The first-order chi connectivity index (χ1) is 7.72. The number of nitrogens with zero attached hydrogens (tertiary/aromatic N) is 2. The molecule has 1 aromatic heterocycles. The summed E-state index contributed by atoms with van der Waals surface area (Å²) >= 11 is 0. The van der Waals surface area contributed by atoms with Gasteiger partial charge < -0.3 is 10.3 Å². The third-order valence-corrected chi connectivity index (χ3v) is 2.63. The Morgan fingerprint density at radius 2 is 2.44 bits per heavy atom. The lowest BCUT2D eigenvalue weighted by Crippen LogP contribution is -2.36. The van der Waals surface area contributed by atoms with Crippen molar-refractivity contribution in [1.82, 2.24) is 14.9 Å². The topological polar surface area (TPSA) is 55.9 Å². The van der Waals surface area contributed by atoms with E-state index in [1.807, 2.05) is 17.8 Å². The lowest BCUT2D eigenvalue weighted by atomic mass is 10.1. The van der Waals surface area contributed by atoms with Crippen LogP contribution in [0.15, 0.2) is 12.5 Å². The van der Waals surface area contributed by atoms with Crippen LogP contribution >= 0.6 is 0 Å². The molecule has 1 heterocycles. The van der Waals surface area contributed by atoms with Gasteiger partial charge in [-0.25, -0.2) is 4.98 Å². The van der Waals surface area contributed by atoms with Gasteiger partial charge in [0, 0.05) is 19.8 Å². The van der Waals surface area contributed by atoms with E-state index in [0.717, 1.165) is 18.5 Å². The molecule has 0 spiro atoms. The first-order valence-electron chi connectivity index (χ1n) is 5.61. The predicted octanol–water partition coefficient (Wildman–Crippen LogP) is 0.811. The highest BCUT2D eigenvalue weighted by molar-refractivity contribution is 5.09. The number of rotatable bonds is 6. The zero-order valence-corrected chi connectivity index (χ0v) is 9.98. The van der Waals surface area contributed by atoms with E-state index in [4.69, 9.17) is 12.2 Å². The molecular weight excluding hydrogens is 200 g/mol. The van der Waals surface area contributed by atoms with Crippen molar-refractivity contribution in [2.75, 3.05) is 6.54 Å². The molecule has 0 saturated carbocycles. The van der Waals surface area contributed by atoms with Crippen molar-refractivity contribution in [3.63, 3.8) is 0 Å². The Balaban J connectivity index is 2.69. The lowest BCUT2D eigenvalue weighted by molar-refractivity contribution is 0.459. The highest BCUT2D eigenvalue weighted by Gasteiger charge is 2.16. The summed E-state index contributed by atoms with van der Waals surface area (Å²) in [4.78, 5) is 4.09. The fourth-order valence-electron chi connectivity index (χ4n) is 1.72. The van der Waals surface area contributed by atoms with Gasteiger partial charge in [0.15, 0.2) is 0 Å². The van der Waals surface area contributed by atoms with Crippen LogP contribution in [0.1, 0.15) is 31.5 Å². The Morgan fingerprint density at radius 1 is 1.69 bits per heavy atom. The van der Waals surface area contributed by atoms with Gasteiger partial charge in [-0.3, -0.25) is 5.32 Å². The second-order valence-corrected chi connectivity index (χ2v) is 3.89. The molecule has 0 aliphatic carbocycles. The van der Waals surface area contributed by atoms with Crippen LogP contribution < -0.4 is 11.1 Å². The zero-order valence-electron chi connectivity index (χ0n) is 9.98. The highest BCUT2D eigenvalue weighted by Crippen LogP contribution is 2.12. The van der Waals surface area contributed by atoms with Gasteiger partial charge in [-0.15, -0.1) is 6.42 Å². The maximum atomic E-state index is 5.76. The van der Waals surface area contributed by atoms with E-state index in [1.165, 1.54) is 0 Å². The second-order valence-electron chi connectivity index (χ2n) is 3.89. The molecule has 0 aliphatic heterocycles. The normalized spacial score (nSPS) is 14.4. The molecular formula is C12H20N4. The zero-order chi connectivity index (χ0) is 12.0. The quantitative estimate of drug-likeness (QED) is 0.698. The van der Waals surface area contributed by atoms with E-state index < -0.39 is 0 Å². The summed E-state index contributed by atoms with van der Waals surface area (Å²) in [5.41, 5.74) is 6.83. The summed E-state index contributed by atoms with van der Waals surface area (Å²) in [6, 6.07) is 0.147. The standard InChI is InChI=1S/C12H20N4/c1-4-6-10(5-2)15-11(7-13)12-8-14-9-16(12)3/h2,8-11,15H,4,6-7,13H2,1,3H3. The number of terminal acetylenes is 1. The lowest BCUT2D eigenvalue weighted by Gasteiger charge is -2.21. The number of aryl methyl sites for hydroxylation is 1. The van der Waals surface area contributed by atoms with E-state index in [9.17, 15) is 0 Å². The minimum atomic E-state index is 0.0695. The maximum Gasteiger partial charge on any atom is 0.0946 e. The van der Waals surface area contributed by atoms with Gasteiger partial charge in [-0.1, -0.05) is 19.3 Å². The molecule has 2 unspecified atom stereocenters. The highest BCUT2D eigenvalue weighted by atomic mass is 15.1. The Morgan fingerprint density at radius 3 is 2.88 bits per heavy atom. The minimum absolute atomic E-state index is 0.0695. The van der Waals surface area contributed by atoms with Gasteiger partial charge >= 0.3 is 0 Å². The Labute approximate surface area is 97.2 Å². The van der Waals surface area contributed by atoms with E-state index in [1.54, 1.807) is 6.33 Å². The van der Waals surface area contributed by atoms with Crippen LogP contribution in [-0.4, -0.2) is 22.1 Å². The SMILES string of the molecule is C#CC(CCC)NC(CN)c1cncn1C. The van der Waals surface area contributed by atoms with Crippen LogP contribution in [0.4, 0.5) is 0 Å². The van der Waals surface area contributed by atoms with E-state index >= 15 is 0 Å². The molecule has 0 aliphatic rings. The molecule has 16 heavy (non-hydrogen) atoms. The van der Waals surface area contributed by atoms with Crippen molar-refractivity contribution >= 4 is 0 Å². The molecule has 2 atom stereocenters. The average Bonchev–Trinajstić information content (AvgIpc) is 2.71. The van der Waals surface area contributed by atoms with Crippen LogP contribution in [0, 0.1) is 12.3 Å². The third kappa shape index (κ3) is 3.09. The van der Waals surface area contributed by atoms with Crippen molar-refractivity contribution in [2.45, 2.75) is 31.8 Å². The van der Waals surface area contributed by atoms with Crippen molar-refractivity contribution in [2.24, 2.45) is 12.8 Å². The minimum Gasteiger partial charge on any atom is -0.336 e. The van der Waals surface area contributed by atoms with Crippen LogP contribution in [-0.2, 0) is 7.05 Å². The van der Waals surface area contributed by atoms with Crippen molar-refractivity contribution in [1.29, 1.82) is 0 Å². The second kappa shape index (κ2) is 6.31. The molecule has 88 valence electrons. The molecule has 1 aromatic rings. The van der Waals surface area contributed by atoms with Crippen LogP contribution in [0.2, 0.25) is 0 Å². The molecule has 4 nitrogen and oxygen atoms in total. The number of imidazole rings is 1. The summed E-state index contributed by atoms with van der Waals surface area (Å²) < 4.78 is 1.96. The van der Waals surface area contributed by atoms with E-state index in [-0.39, 0.29) is 12.1 Å². The molecule has 3 N–H and O–H groups in total. The number of hydrogen-bond donors (Lipinski definition) is 2. The predicted molar refractivity (Wildman–Crippen MR) is 65.7 cm³/mol. The smallest absolute Gasteiger partial charge is 0.0946 e. The fourth-order valence-corrected chi connectivity index (χ4v) is 1.72. The number of nitrogens with one attached hydrogen (secondary N) is 1. The van der Waals surface area contributed by atoms with Crippen molar-refractivity contribution in [3.8, 4) is 12.3 Å². The van der Waals surface area contributed by atoms with Gasteiger partial charge in [-0.2, -0.15) is 0 Å². The molecule has 0 saturated heterocycles. The molecule has 1 rings (SSSR count). The molecule has 0 amide bonds. The number of hydrogen-bond acceptors (Lipinski definition) is 3. The third-order valence-electron chi connectivity index (χ3n) is 2.63. The van der Waals surface area contributed by atoms with Crippen LogP contribution in [0.25, 0.3) is 0 Å². The molecule has 4 heteroatoms. The van der Waals surface area contributed by atoms with Gasteiger partial charge in [0.1, 0.15) is 0 Å². The average molecular weight is 220 g/mol. The maximum absolute atomic E-state index is 5.76. The number of nitrogens with two attached hydrogens (primary N) is 1. The van der Waals surface area contributed by atoms with Gasteiger partial charge in [0.05, 0.1) is 24.1 Å². The summed E-state index contributed by atoms with van der Waals surface area (Å²) in [6.45, 7) is 2.63. The fraction of sp³-hybridized carbons (Fsp3) is 0.583. The summed E-state index contributed by atoms with van der Waals surface area (Å²) in [5, 5.41) is 3.38. The number of aromatic nitrogens is 2. The van der Waals surface area contributed by atoms with Crippen LogP contribution in [0.3, 0.4) is 0 Å². The van der Waals surface area contributed by atoms with Gasteiger partial charge in [-0.05, 0) is 6.42 Å². The summed E-state index contributed by atoms with van der Waals surface area (Å²) in [6.07, 6.45) is 11.1. The molecule has 0 aromatic carbocycles. The molecule has 0 fully saturated rings. The summed E-state index contributed by atoms with van der Waals surface area (Å²) in [7, 11) is 1.96. The van der Waals surface area contributed by atoms with Crippen molar-refractivity contribution < 1.29 is 0 Å². The largest absolute Gasteiger partial charge is 0.336 e. The first kappa shape index (κ1) is 12.8. The monoisotopic (exact) mass is 220 g/mol.